The van der Waals surface area contributed by atoms with Crippen molar-refractivity contribution in [1.82, 2.24) is 19.5 Å². The van der Waals surface area contributed by atoms with Gasteiger partial charge >= 0.3 is 0 Å². The van der Waals surface area contributed by atoms with Crippen LogP contribution in [0, 0.1) is 12.7 Å². The van der Waals surface area contributed by atoms with Crippen molar-refractivity contribution in [2.75, 3.05) is 17.7 Å². The molecular weight excluding hydrogens is 427 g/mol. The van der Waals surface area contributed by atoms with Gasteiger partial charge in [-0.2, -0.15) is 0 Å². The van der Waals surface area contributed by atoms with E-state index in [1.54, 1.807) is 22.9 Å². The number of nitrogens with zero attached hydrogens (tertiary/aromatic N) is 4. The number of benzene rings is 1. The van der Waals surface area contributed by atoms with Gasteiger partial charge in [0.15, 0.2) is 17.4 Å². The molecule has 33 heavy (non-hydrogen) atoms. The second kappa shape index (κ2) is 6.83. The number of nitrogen functional groups attached to an aromatic ring is 1. The van der Waals surface area contributed by atoms with E-state index in [0.29, 0.717) is 29.4 Å². The maximum absolute atomic E-state index is 13.7. The largest absolute Gasteiger partial charge is 0.382 e. The zero-order valence-corrected chi connectivity index (χ0v) is 17.9. The smallest absolute Gasteiger partial charge is 0.198 e. The van der Waals surface area contributed by atoms with E-state index in [9.17, 15) is 14.6 Å². The summed E-state index contributed by atoms with van der Waals surface area (Å²) in [7, 11) is 0. The number of hydrogen-bond donors (Lipinski definition) is 4. The Labute approximate surface area is 188 Å². The zero-order chi connectivity index (χ0) is 23.0. The van der Waals surface area contributed by atoms with Gasteiger partial charge in [-0.1, -0.05) is 6.07 Å². The Balaban J connectivity index is 1.31. The fourth-order valence-corrected chi connectivity index (χ4v) is 5.28. The van der Waals surface area contributed by atoms with Gasteiger partial charge in [0, 0.05) is 22.7 Å². The van der Waals surface area contributed by atoms with Crippen LogP contribution >= 0.6 is 0 Å². The van der Waals surface area contributed by atoms with E-state index in [1.165, 1.54) is 12.4 Å². The molecular formula is C23H23FN6O3. The van der Waals surface area contributed by atoms with Gasteiger partial charge in [0.2, 0.25) is 0 Å². The molecule has 10 heteroatoms. The summed E-state index contributed by atoms with van der Waals surface area (Å²) in [6.07, 6.45) is 3.42. The van der Waals surface area contributed by atoms with Crippen LogP contribution in [0.5, 0.6) is 0 Å². The molecule has 4 aromatic rings. The first kappa shape index (κ1) is 20.3. The zero-order valence-electron chi connectivity index (χ0n) is 17.9. The molecule has 1 saturated carbocycles. The molecule has 4 heterocycles. The lowest BCUT2D eigenvalue weighted by atomic mass is 9.89. The van der Waals surface area contributed by atoms with Crippen LogP contribution in [0.25, 0.3) is 21.9 Å². The van der Waals surface area contributed by atoms with Crippen LogP contribution in [0.1, 0.15) is 18.5 Å². The average Bonchev–Trinajstić information content (AvgIpc) is 3.43. The van der Waals surface area contributed by atoms with Gasteiger partial charge < -0.3 is 26.0 Å². The molecule has 1 saturated heterocycles. The molecule has 5 N–H and O–H groups in total. The predicted molar refractivity (Wildman–Crippen MR) is 120 cm³/mol. The molecule has 1 aromatic carbocycles. The van der Waals surface area contributed by atoms with Gasteiger partial charge in [-0.05, 0) is 44.0 Å². The lowest BCUT2D eigenvalue weighted by molar-refractivity contribution is -0.172. The Kier molecular flexibility index (Phi) is 4.20. The van der Waals surface area contributed by atoms with E-state index in [2.05, 4.69) is 20.3 Å². The van der Waals surface area contributed by atoms with E-state index < -0.39 is 23.2 Å². The summed E-state index contributed by atoms with van der Waals surface area (Å²) in [5.74, 6) is -0.710. The molecule has 0 radical (unpaired) electrons. The molecule has 2 aliphatic rings. The Morgan fingerprint density at radius 1 is 1.24 bits per heavy atom. The molecule has 0 amide bonds. The van der Waals surface area contributed by atoms with Crippen molar-refractivity contribution in [3.63, 3.8) is 0 Å². The van der Waals surface area contributed by atoms with Gasteiger partial charge in [-0.25, -0.2) is 19.3 Å². The van der Waals surface area contributed by atoms with E-state index in [-0.39, 0.29) is 18.5 Å². The fraction of sp³-hybridized carbons (Fsp3) is 0.348. The average molecular weight is 450 g/mol. The molecule has 0 spiro atoms. The first-order valence-corrected chi connectivity index (χ1v) is 10.8. The number of halogens is 1. The number of nitrogens with two attached hydrogens (primary N) is 1. The number of rotatable bonds is 3. The number of anilines is 2. The highest BCUT2D eigenvalue weighted by Crippen LogP contribution is 2.50. The molecule has 170 valence electrons. The molecule has 6 rings (SSSR count). The monoisotopic (exact) mass is 450 g/mol. The summed E-state index contributed by atoms with van der Waals surface area (Å²) < 4.78 is 21.3. The normalized spacial score (nSPS) is 29.1. The van der Waals surface area contributed by atoms with Gasteiger partial charge in [0.25, 0.3) is 0 Å². The van der Waals surface area contributed by atoms with E-state index in [4.69, 9.17) is 10.5 Å². The van der Waals surface area contributed by atoms with Gasteiger partial charge in [-0.15, -0.1) is 0 Å². The summed E-state index contributed by atoms with van der Waals surface area (Å²) in [5.41, 5.74) is 5.06. The fourth-order valence-electron chi connectivity index (χ4n) is 5.28. The van der Waals surface area contributed by atoms with Crippen molar-refractivity contribution in [3.05, 3.63) is 54.4 Å². The van der Waals surface area contributed by atoms with Gasteiger partial charge in [0.1, 0.15) is 23.7 Å². The molecule has 3 aromatic heterocycles. The standard InChI is InChI=1S/C23H23FN6O3/c1-12-15-5-7-30(21(15)27-11-26-12)23(32)10-33-19-17(4-6-22(19,23)31)28-14-3-2-13-8-16(24)20(25)29-18(13)9-14/h2-3,5,7-9,11,17,19,28,31-32H,4,6,10H2,1H3,(H2,25,29)/t17-,19+,22+,23+/m0/s1. The maximum atomic E-state index is 13.7. The van der Waals surface area contributed by atoms with Gasteiger partial charge in [-0.3, -0.25) is 4.57 Å². The van der Waals surface area contributed by atoms with Crippen molar-refractivity contribution in [2.24, 2.45) is 0 Å². The number of aromatic nitrogens is 4. The second-order valence-electron chi connectivity index (χ2n) is 8.91. The summed E-state index contributed by atoms with van der Waals surface area (Å²) in [4.78, 5) is 12.6. The number of hydrogen-bond acceptors (Lipinski definition) is 8. The third kappa shape index (κ3) is 2.78. The topological polar surface area (TPSA) is 131 Å². The molecule has 2 fully saturated rings. The first-order valence-electron chi connectivity index (χ1n) is 10.8. The Morgan fingerprint density at radius 3 is 2.94 bits per heavy atom. The number of nitrogens with one attached hydrogen (secondary N) is 1. The van der Waals surface area contributed by atoms with E-state index in [0.717, 1.165) is 16.8 Å². The molecule has 0 unspecified atom stereocenters. The number of aliphatic hydroxyl groups is 2. The third-order valence-corrected chi connectivity index (χ3v) is 7.06. The Bertz CT molecular complexity index is 1410. The van der Waals surface area contributed by atoms with Crippen LogP contribution in [0.2, 0.25) is 0 Å². The van der Waals surface area contributed by atoms with Crippen LogP contribution in [0.3, 0.4) is 0 Å². The molecule has 1 aliphatic heterocycles. The Morgan fingerprint density at radius 2 is 2.09 bits per heavy atom. The van der Waals surface area contributed by atoms with Crippen LogP contribution in [-0.4, -0.2) is 54.1 Å². The highest BCUT2D eigenvalue weighted by atomic mass is 19.1. The van der Waals surface area contributed by atoms with Crippen molar-refractivity contribution in [3.8, 4) is 0 Å². The summed E-state index contributed by atoms with van der Waals surface area (Å²) in [5, 5.41) is 28.2. The third-order valence-electron chi connectivity index (χ3n) is 7.06. The van der Waals surface area contributed by atoms with Crippen LogP contribution in [0.4, 0.5) is 15.9 Å². The Hall–Kier alpha value is -3.34. The maximum Gasteiger partial charge on any atom is 0.198 e. The SMILES string of the molecule is Cc1ncnc2c1ccn2[C@@]1(O)CO[C@@H]2[C@@H](Nc3ccc4cc(F)c(N)nc4c3)CC[C@@]21O. The lowest BCUT2D eigenvalue weighted by Gasteiger charge is -2.37. The predicted octanol–water partition coefficient (Wildman–Crippen LogP) is 2.06. The van der Waals surface area contributed by atoms with Gasteiger partial charge in [0.05, 0.1) is 23.9 Å². The second-order valence-corrected chi connectivity index (χ2v) is 8.91. The number of fused-ring (bicyclic) bond motifs is 3. The summed E-state index contributed by atoms with van der Waals surface area (Å²) in [6, 6.07) is 8.29. The minimum atomic E-state index is -1.67. The highest BCUT2D eigenvalue weighted by molar-refractivity contribution is 5.83. The molecule has 0 bridgehead atoms. The minimum absolute atomic E-state index is 0.0751. The number of aryl methyl sites for hydroxylation is 1. The first-order chi connectivity index (χ1) is 15.8. The lowest BCUT2D eigenvalue weighted by Crippen LogP contribution is -2.57. The molecule has 4 atom stereocenters. The highest BCUT2D eigenvalue weighted by Gasteiger charge is 2.66. The van der Waals surface area contributed by atoms with Crippen LogP contribution in [0.15, 0.2) is 42.9 Å². The summed E-state index contributed by atoms with van der Waals surface area (Å²) >= 11 is 0. The van der Waals surface area contributed by atoms with Crippen molar-refractivity contribution in [1.29, 1.82) is 0 Å². The van der Waals surface area contributed by atoms with Crippen molar-refractivity contribution < 1.29 is 19.3 Å². The number of pyridine rings is 1. The van der Waals surface area contributed by atoms with Crippen molar-refractivity contribution >= 4 is 33.4 Å². The minimum Gasteiger partial charge on any atom is -0.382 e. The van der Waals surface area contributed by atoms with Crippen LogP contribution < -0.4 is 11.1 Å². The quantitative estimate of drug-likeness (QED) is 0.373. The molecule has 1 aliphatic carbocycles. The van der Waals surface area contributed by atoms with Crippen LogP contribution in [-0.2, 0) is 10.5 Å². The van der Waals surface area contributed by atoms with E-state index in [1.807, 2.05) is 19.1 Å². The molecule has 9 nitrogen and oxygen atoms in total. The number of ether oxygens (including phenoxy) is 1. The van der Waals surface area contributed by atoms with E-state index >= 15 is 0 Å². The summed E-state index contributed by atoms with van der Waals surface area (Å²) in [6.45, 7) is 1.80. The van der Waals surface area contributed by atoms with Crippen molar-refractivity contribution in [2.45, 2.75) is 43.2 Å².